The maximum Gasteiger partial charge on any atom is 0.350 e. The number of aryl methyl sites for hydroxylation is 1. The van der Waals surface area contributed by atoms with E-state index in [0.29, 0.717) is 29.7 Å². The molecule has 2 N–H and O–H groups in total. The molecule has 30 heavy (non-hydrogen) atoms. The van der Waals surface area contributed by atoms with Gasteiger partial charge in [-0.1, -0.05) is 0 Å². The van der Waals surface area contributed by atoms with Crippen LogP contribution < -0.4 is 15.4 Å². The molecule has 1 aromatic heterocycles. The molecule has 0 saturated heterocycles. The fraction of sp³-hybridized carbons (Fsp3) is 0.421. The summed E-state index contributed by atoms with van der Waals surface area (Å²) in [6.07, 6.45) is 0. The van der Waals surface area contributed by atoms with Gasteiger partial charge < -0.3 is 20.1 Å². The number of thiazole rings is 1. The van der Waals surface area contributed by atoms with Crippen LogP contribution in [0.5, 0.6) is 5.75 Å². The summed E-state index contributed by atoms with van der Waals surface area (Å²) in [4.78, 5) is 21.0. The van der Waals surface area contributed by atoms with Gasteiger partial charge in [-0.2, -0.15) is 0 Å². The van der Waals surface area contributed by atoms with E-state index in [1.54, 1.807) is 20.9 Å². The number of hydrogen-bond donors (Lipinski definition) is 2. The van der Waals surface area contributed by atoms with Crippen molar-refractivity contribution in [2.45, 2.75) is 26.8 Å². The lowest BCUT2D eigenvalue weighted by atomic mass is 10.3. The summed E-state index contributed by atoms with van der Waals surface area (Å²) in [5, 5.41) is 6.97. The Morgan fingerprint density at radius 3 is 2.70 bits per heavy atom. The van der Waals surface area contributed by atoms with E-state index in [4.69, 9.17) is 9.47 Å². The second-order valence-corrected chi connectivity index (χ2v) is 7.01. The van der Waals surface area contributed by atoms with Crippen molar-refractivity contribution in [3.05, 3.63) is 45.4 Å². The number of ether oxygens (including phenoxy) is 2. The van der Waals surface area contributed by atoms with E-state index in [2.05, 4.69) is 20.6 Å². The molecule has 1 aromatic carbocycles. The molecule has 0 aliphatic rings. The Kier molecular flexibility index (Phi) is 10.9. The van der Waals surface area contributed by atoms with Gasteiger partial charge in [-0.05, 0) is 32.9 Å². The second-order valence-electron chi connectivity index (χ2n) is 5.98. The number of halogens is 3. The highest BCUT2D eigenvalue weighted by molar-refractivity contribution is 14.0. The zero-order valence-corrected chi connectivity index (χ0v) is 20.3. The maximum absolute atomic E-state index is 13.2. The summed E-state index contributed by atoms with van der Waals surface area (Å²) in [6, 6.07) is 3.18. The molecule has 2 rings (SSSR count). The number of benzene rings is 1. The Morgan fingerprint density at radius 1 is 1.33 bits per heavy atom. The fourth-order valence-corrected chi connectivity index (χ4v) is 3.32. The molecular weight excluding hydrogens is 529 g/mol. The average Bonchev–Trinajstić information content (AvgIpc) is 3.09. The zero-order chi connectivity index (χ0) is 21.4. The molecule has 0 radical (unpaired) electrons. The lowest BCUT2D eigenvalue weighted by molar-refractivity contribution is 0.0531. The lowest BCUT2D eigenvalue weighted by Gasteiger charge is -2.16. The first kappa shape index (κ1) is 26.0. The first-order chi connectivity index (χ1) is 13.8. The minimum absolute atomic E-state index is 0. The molecule has 0 bridgehead atoms. The Balaban J connectivity index is 0.00000450. The number of hydrogen-bond acceptors (Lipinski definition) is 6. The number of esters is 1. The number of carbonyl (C=O) groups is 1. The van der Waals surface area contributed by atoms with Crippen molar-refractivity contribution in [2.24, 2.45) is 4.99 Å². The Morgan fingerprint density at radius 2 is 2.07 bits per heavy atom. The van der Waals surface area contributed by atoms with E-state index in [-0.39, 0.29) is 48.3 Å². The molecule has 11 heteroatoms. The first-order valence-electron chi connectivity index (χ1n) is 9.05. The van der Waals surface area contributed by atoms with E-state index in [9.17, 15) is 13.6 Å². The number of rotatable bonds is 8. The van der Waals surface area contributed by atoms with Gasteiger partial charge in [0.25, 0.3) is 0 Å². The van der Waals surface area contributed by atoms with E-state index in [0.717, 1.165) is 17.1 Å². The number of nitrogens with one attached hydrogen (secondary N) is 2. The number of nitrogens with zero attached hydrogens (tertiary/aromatic N) is 2. The van der Waals surface area contributed by atoms with Crippen molar-refractivity contribution >= 4 is 47.2 Å². The summed E-state index contributed by atoms with van der Waals surface area (Å²) in [7, 11) is 1.62. The highest BCUT2D eigenvalue weighted by Crippen LogP contribution is 2.24. The standard InChI is InChI=1S/C19H24F2N4O3S.HI/c1-5-27-18(26)16-11(2)24-17(29-16)12(3)25-19(22-4)23-8-9-28-13-6-7-14(20)15(21)10-13;/h6-7,10,12H,5,8-9H2,1-4H3,(H2,22,23,25);1H. The minimum Gasteiger partial charge on any atom is -0.492 e. The van der Waals surface area contributed by atoms with Gasteiger partial charge in [0.05, 0.1) is 24.9 Å². The van der Waals surface area contributed by atoms with Crippen molar-refractivity contribution in [3.8, 4) is 5.75 Å². The average molecular weight is 554 g/mol. The van der Waals surface area contributed by atoms with Crippen LogP contribution in [0.3, 0.4) is 0 Å². The topological polar surface area (TPSA) is 84.8 Å². The summed E-state index contributed by atoms with van der Waals surface area (Å²) in [5.74, 6) is -1.50. The molecule has 2 aromatic rings. The summed E-state index contributed by atoms with van der Waals surface area (Å²) >= 11 is 1.27. The highest BCUT2D eigenvalue weighted by Gasteiger charge is 2.20. The van der Waals surface area contributed by atoms with Crippen LogP contribution in [0.25, 0.3) is 0 Å². The van der Waals surface area contributed by atoms with Crippen LogP contribution in [0.15, 0.2) is 23.2 Å². The minimum atomic E-state index is -0.956. The Hall–Kier alpha value is -2.02. The molecule has 166 valence electrons. The SMILES string of the molecule is CCOC(=O)c1sc(C(C)NC(=NC)NCCOc2ccc(F)c(F)c2)nc1C.I. The maximum atomic E-state index is 13.2. The number of guanidine groups is 1. The second kappa shape index (κ2) is 12.6. The largest absolute Gasteiger partial charge is 0.492 e. The van der Waals surface area contributed by atoms with E-state index >= 15 is 0 Å². The van der Waals surface area contributed by atoms with Gasteiger partial charge in [0, 0.05) is 13.1 Å². The van der Waals surface area contributed by atoms with Gasteiger partial charge >= 0.3 is 5.97 Å². The summed E-state index contributed by atoms with van der Waals surface area (Å²) in [5.41, 5.74) is 0.625. The van der Waals surface area contributed by atoms with Crippen LogP contribution in [0.1, 0.15) is 40.3 Å². The molecule has 0 saturated carbocycles. The van der Waals surface area contributed by atoms with Crippen molar-refractivity contribution in [3.63, 3.8) is 0 Å². The van der Waals surface area contributed by atoms with Gasteiger partial charge in [0.15, 0.2) is 17.6 Å². The van der Waals surface area contributed by atoms with Crippen molar-refractivity contribution < 1.29 is 23.0 Å². The molecule has 1 atom stereocenters. The third-order valence-corrected chi connectivity index (χ3v) is 5.10. The third kappa shape index (κ3) is 7.35. The number of carbonyl (C=O) groups excluding carboxylic acids is 1. The summed E-state index contributed by atoms with van der Waals surface area (Å²) in [6.45, 7) is 6.34. The molecule has 0 aliphatic carbocycles. The molecule has 0 amide bonds. The fourth-order valence-electron chi connectivity index (χ4n) is 2.35. The quantitative estimate of drug-likeness (QED) is 0.170. The van der Waals surface area contributed by atoms with Crippen molar-refractivity contribution in [1.29, 1.82) is 0 Å². The van der Waals surface area contributed by atoms with Crippen LogP contribution in [0, 0.1) is 18.6 Å². The van der Waals surface area contributed by atoms with Crippen LogP contribution in [0.2, 0.25) is 0 Å². The lowest BCUT2D eigenvalue weighted by Crippen LogP contribution is -2.40. The van der Waals surface area contributed by atoms with Crippen LogP contribution in [0.4, 0.5) is 8.78 Å². The Labute approximate surface area is 195 Å². The van der Waals surface area contributed by atoms with E-state index in [1.807, 2.05) is 6.92 Å². The zero-order valence-electron chi connectivity index (χ0n) is 17.1. The van der Waals surface area contributed by atoms with Crippen LogP contribution in [-0.2, 0) is 4.74 Å². The number of aromatic nitrogens is 1. The predicted octanol–water partition coefficient (Wildman–Crippen LogP) is 3.83. The molecule has 7 nitrogen and oxygen atoms in total. The van der Waals surface area contributed by atoms with Crippen molar-refractivity contribution in [2.75, 3.05) is 26.8 Å². The number of aliphatic imine (C=N–C) groups is 1. The molecule has 1 heterocycles. The van der Waals surface area contributed by atoms with Gasteiger partial charge in [0.2, 0.25) is 0 Å². The molecule has 1 unspecified atom stereocenters. The van der Waals surface area contributed by atoms with Gasteiger partial charge in [-0.15, -0.1) is 35.3 Å². The van der Waals surface area contributed by atoms with Gasteiger partial charge in [-0.3, -0.25) is 4.99 Å². The first-order valence-corrected chi connectivity index (χ1v) is 9.86. The van der Waals surface area contributed by atoms with Crippen molar-refractivity contribution in [1.82, 2.24) is 15.6 Å². The van der Waals surface area contributed by atoms with E-state index in [1.165, 1.54) is 17.4 Å². The van der Waals surface area contributed by atoms with Gasteiger partial charge in [0.1, 0.15) is 22.2 Å². The molecule has 0 fully saturated rings. The monoisotopic (exact) mass is 554 g/mol. The third-order valence-electron chi connectivity index (χ3n) is 3.78. The molecular formula is C19H25F2IN4O3S. The molecule has 0 aliphatic heterocycles. The Bertz CT molecular complexity index is 879. The smallest absolute Gasteiger partial charge is 0.350 e. The van der Waals surface area contributed by atoms with Crippen LogP contribution >= 0.6 is 35.3 Å². The normalized spacial score (nSPS) is 12.0. The van der Waals surface area contributed by atoms with Crippen LogP contribution in [-0.4, -0.2) is 43.7 Å². The predicted molar refractivity (Wildman–Crippen MR) is 123 cm³/mol. The van der Waals surface area contributed by atoms with Gasteiger partial charge in [-0.25, -0.2) is 18.6 Å². The van der Waals surface area contributed by atoms with E-state index < -0.39 is 11.6 Å². The summed E-state index contributed by atoms with van der Waals surface area (Å²) < 4.78 is 36.5. The highest BCUT2D eigenvalue weighted by atomic mass is 127. The molecule has 0 spiro atoms.